The fraction of sp³-hybridized carbons (Fsp3) is 0.500. The lowest BCUT2D eigenvalue weighted by Crippen LogP contribution is -2.61. The van der Waals surface area contributed by atoms with Crippen molar-refractivity contribution in [3.05, 3.63) is 22.1 Å². The minimum absolute atomic E-state index is 0.0816. The number of thioether (sulfide) groups is 1. The van der Waals surface area contributed by atoms with Crippen LogP contribution in [0.3, 0.4) is 0 Å². The number of aliphatic carboxylic acids is 1. The topological polar surface area (TPSA) is 130 Å². The number of amides is 1. The number of nitrogens with zero attached hydrogens (tertiary/aromatic N) is 1. The van der Waals surface area contributed by atoms with Gasteiger partial charge < -0.3 is 25.6 Å². The van der Waals surface area contributed by atoms with Crippen molar-refractivity contribution in [2.24, 2.45) is 11.7 Å². The molecule has 1 amide bonds. The Labute approximate surface area is 137 Å². The fourth-order valence-corrected chi connectivity index (χ4v) is 3.62. The fourth-order valence-electron chi connectivity index (χ4n) is 2.72. The molecule has 0 aromatic carbocycles. The Morgan fingerprint density at radius 3 is 2.83 bits per heavy atom. The number of esters is 1. The van der Waals surface area contributed by atoms with Crippen molar-refractivity contribution < 1.29 is 29.3 Å². The molecule has 0 aliphatic carbocycles. The molecule has 0 spiro atoms. The van der Waals surface area contributed by atoms with Crippen molar-refractivity contribution in [2.75, 3.05) is 13.2 Å². The van der Waals surface area contributed by atoms with Crippen molar-refractivity contribution >= 4 is 29.6 Å². The Balaban J connectivity index is 2.06. The summed E-state index contributed by atoms with van der Waals surface area (Å²) in [6, 6.07) is -0.339. The molecule has 1 fully saturated rings. The van der Waals surface area contributed by atoms with Crippen molar-refractivity contribution in [3.8, 4) is 0 Å². The number of β-lactam (4-membered cyclic amide) rings is 1. The summed E-state index contributed by atoms with van der Waals surface area (Å²) >= 11 is 1.06. The van der Waals surface area contributed by atoms with Gasteiger partial charge in [0.05, 0.1) is 18.1 Å². The van der Waals surface area contributed by atoms with E-state index >= 15 is 0 Å². The highest BCUT2D eigenvalue weighted by atomic mass is 32.2. The molecule has 2 heterocycles. The molecule has 0 bridgehead atoms. The maximum atomic E-state index is 12.0. The van der Waals surface area contributed by atoms with E-state index in [9.17, 15) is 24.6 Å². The molecule has 23 heavy (non-hydrogen) atoms. The lowest BCUT2D eigenvalue weighted by atomic mass is 9.83. The predicted molar refractivity (Wildman–Crippen MR) is 81.8 cm³/mol. The molecular weight excluding hydrogens is 324 g/mol. The quantitative estimate of drug-likeness (QED) is 0.325. The van der Waals surface area contributed by atoms with Gasteiger partial charge in [-0.3, -0.25) is 4.79 Å². The number of carboxylic acids is 1. The summed E-state index contributed by atoms with van der Waals surface area (Å²) < 4.78 is 4.76. The highest BCUT2D eigenvalue weighted by Gasteiger charge is 2.56. The van der Waals surface area contributed by atoms with Crippen LogP contribution in [0.4, 0.5) is 0 Å². The molecule has 1 saturated heterocycles. The second-order valence-corrected chi connectivity index (χ2v) is 6.20. The van der Waals surface area contributed by atoms with E-state index in [1.807, 2.05) is 0 Å². The van der Waals surface area contributed by atoms with Gasteiger partial charge in [-0.25, -0.2) is 9.59 Å². The van der Waals surface area contributed by atoms with Crippen molar-refractivity contribution in [3.63, 3.8) is 0 Å². The van der Waals surface area contributed by atoms with E-state index in [1.165, 1.54) is 23.3 Å². The predicted octanol–water partition coefficient (Wildman–Crippen LogP) is -0.357. The van der Waals surface area contributed by atoms with Gasteiger partial charge in [0, 0.05) is 23.9 Å². The minimum atomic E-state index is -1.20. The maximum Gasteiger partial charge on any atom is 0.353 e. The Kier molecular flexibility index (Phi) is 5.45. The molecule has 0 aromatic rings. The molecule has 4 N–H and O–H groups in total. The molecule has 8 nitrogen and oxygen atoms in total. The number of nitrogens with two attached hydrogens (primary N) is 1. The number of aliphatic hydroxyl groups excluding tert-OH is 1. The number of ether oxygens (including phenoxy) is 1. The smallest absolute Gasteiger partial charge is 0.353 e. The van der Waals surface area contributed by atoms with Gasteiger partial charge in [0.25, 0.3) is 0 Å². The van der Waals surface area contributed by atoms with E-state index in [2.05, 4.69) is 0 Å². The van der Waals surface area contributed by atoms with Crippen molar-refractivity contribution in [2.45, 2.75) is 25.5 Å². The first-order valence-corrected chi connectivity index (χ1v) is 7.94. The molecule has 0 unspecified atom stereocenters. The van der Waals surface area contributed by atoms with Gasteiger partial charge in [0.15, 0.2) is 0 Å². The van der Waals surface area contributed by atoms with Gasteiger partial charge in [-0.05, 0) is 12.3 Å². The summed E-state index contributed by atoms with van der Waals surface area (Å²) in [4.78, 5) is 36.4. The second kappa shape index (κ2) is 7.16. The Morgan fingerprint density at radius 2 is 2.26 bits per heavy atom. The van der Waals surface area contributed by atoms with Crippen LogP contribution in [0.2, 0.25) is 0 Å². The number of carbonyl (C=O) groups is 3. The van der Waals surface area contributed by atoms with Gasteiger partial charge >= 0.3 is 11.9 Å². The monoisotopic (exact) mass is 342 g/mol. The zero-order valence-corrected chi connectivity index (χ0v) is 13.3. The summed E-state index contributed by atoms with van der Waals surface area (Å²) in [5, 5.41) is 20.4. The third kappa shape index (κ3) is 3.41. The molecule has 9 heteroatoms. The molecule has 2 aliphatic rings. The molecule has 2 aliphatic heterocycles. The van der Waals surface area contributed by atoms with Gasteiger partial charge in [-0.1, -0.05) is 11.8 Å². The van der Waals surface area contributed by atoms with E-state index in [0.717, 1.165) is 11.8 Å². The van der Waals surface area contributed by atoms with Gasteiger partial charge in [-0.2, -0.15) is 0 Å². The lowest BCUT2D eigenvalue weighted by molar-refractivity contribution is -0.161. The SMILES string of the molecule is C[C@@H](O)[C@H]1C(=O)N2C(C(=O)O)=C(SC=CC(=O)OCCN)C[C@H]12. The maximum absolute atomic E-state index is 12.0. The Morgan fingerprint density at radius 1 is 1.57 bits per heavy atom. The van der Waals surface area contributed by atoms with E-state index in [4.69, 9.17) is 10.5 Å². The largest absolute Gasteiger partial charge is 0.477 e. The lowest BCUT2D eigenvalue weighted by Gasteiger charge is -2.44. The van der Waals surface area contributed by atoms with Crippen LogP contribution in [-0.2, 0) is 19.1 Å². The van der Waals surface area contributed by atoms with E-state index in [0.29, 0.717) is 11.3 Å². The number of hydrogen-bond acceptors (Lipinski definition) is 7. The van der Waals surface area contributed by atoms with Crippen LogP contribution in [0.25, 0.3) is 0 Å². The second-order valence-electron chi connectivity index (χ2n) is 5.20. The number of carbonyl (C=O) groups excluding carboxylic acids is 2. The van der Waals surface area contributed by atoms with Crippen LogP contribution in [-0.4, -0.2) is 58.3 Å². The number of carboxylic acid groups (broad SMARTS) is 1. The van der Waals surface area contributed by atoms with Crippen LogP contribution in [0.1, 0.15) is 13.3 Å². The summed E-state index contributed by atoms with van der Waals surface area (Å²) in [5.74, 6) is -2.74. The number of rotatable bonds is 7. The Hall–Kier alpha value is -1.84. The molecule has 2 rings (SSSR count). The molecule has 126 valence electrons. The normalized spacial score (nSPS) is 24.7. The van der Waals surface area contributed by atoms with Gasteiger partial charge in [0.1, 0.15) is 12.3 Å². The molecular formula is C14H18N2O6S. The standard InChI is InChI=1S/C14H18N2O6S/c1-7(17)11-8-6-9(12(14(20)21)16(8)13(11)19)23-5-2-10(18)22-4-3-15/h2,5,7-8,11,17H,3-4,6,15H2,1H3,(H,20,21)/t7-,8-,11-/m1/s1. The average Bonchev–Trinajstić information content (AvgIpc) is 2.79. The molecule has 0 saturated carbocycles. The zero-order valence-electron chi connectivity index (χ0n) is 12.5. The molecule has 0 radical (unpaired) electrons. The van der Waals surface area contributed by atoms with Crippen LogP contribution < -0.4 is 5.73 Å². The first-order valence-electron chi connectivity index (χ1n) is 7.06. The van der Waals surface area contributed by atoms with E-state index in [1.54, 1.807) is 0 Å². The third-order valence-electron chi connectivity index (χ3n) is 3.67. The minimum Gasteiger partial charge on any atom is -0.477 e. The first kappa shape index (κ1) is 17.5. The van der Waals surface area contributed by atoms with Crippen LogP contribution >= 0.6 is 11.8 Å². The van der Waals surface area contributed by atoms with Gasteiger partial charge in [0.2, 0.25) is 5.91 Å². The van der Waals surface area contributed by atoms with Crippen molar-refractivity contribution in [1.82, 2.24) is 4.90 Å². The highest BCUT2D eigenvalue weighted by molar-refractivity contribution is 8.05. The third-order valence-corrected chi connectivity index (χ3v) is 4.58. The van der Waals surface area contributed by atoms with E-state index in [-0.39, 0.29) is 30.8 Å². The highest BCUT2D eigenvalue weighted by Crippen LogP contribution is 2.47. The summed E-state index contributed by atoms with van der Waals surface area (Å²) in [6.07, 6.45) is 0.691. The number of hydrogen-bond donors (Lipinski definition) is 3. The van der Waals surface area contributed by atoms with Crippen LogP contribution in [0.15, 0.2) is 22.1 Å². The summed E-state index contributed by atoms with van der Waals surface area (Å²) in [7, 11) is 0. The van der Waals surface area contributed by atoms with E-state index < -0.39 is 24.0 Å². The number of aliphatic hydroxyl groups is 1. The Bertz CT molecular complexity index is 586. The van der Waals surface area contributed by atoms with Crippen LogP contribution in [0, 0.1) is 5.92 Å². The van der Waals surface area contributed by atoms with Crippen molar-refractivity contribution in [1.29, 1.82) is 0 Å². The molecule has 3 atom stereocenters. The zero-order chi connectivity index (χ0) is 17.1. The number of fused-ring (bicyclic) bond motifs is 1. The molecule has 0 aromatic heterocycles. The average molecular weight is 342 g/mol. The first-order chi connectivity index (χ1) is 10.9. The van der Waals surface area contributed by atoms with Gasteiger partial charge in [-0.15, -0.1) is 0 Å². The van der Waals surface area contributed by atoms with Crippen LogP contribution in [0.5, 0.6) is 0 Å². The summed E-state index contributed by atoms with van der Waals surface area (Å²) in [5.41, 5.74) is 5.13. The summed E-state index contributed by atoms with van der Waals surface area (Å²) in [6.45, 7) is 1.84.